The van der Waals surface area contributed by atoms with Crippen molar-refractivity contribution in [2.45, 2.75) is 26.0 Å². The third-order valence-electron chi connectivity index (χ3n) is 3.14. The molecule has 0 aliphatic heterocycles. The minimum Gasteiger partial charge on any atom is -0.388 e. The Kier molecular flexibility index (Phi) is 5.23. The average Bonchev–Trinajstić information content (AvgIpc) is 2.82. The summed E-state index contributed by atoms with van der Waals surface area (Å²) in [6, 6.07) is 6.01. The number of hydrogen-bond acceptors (Lipinski definition) is 4. The first-order valence-corrected chi connectivity index (χ1v) is 7.45. The summed E-state index contributed by atoms with van der Waals surface area (Å²) >= 11 is 1.65. The van der Waals surface area contributed by atoms with E-state index in [0.717, 1.165) is 29.4 Å². The predicted molar refractivity (Wildman–Crippen MR) is 79.2 cm³/mol. The van der Waals surface area contributed by atoms with E-state index in [1.165, 1.54) is 12.1 Å². The molecule has 0 aliphatic rings. The monoisotopic (exact) mass is 294 g/mol. The zero-order valence-electron chi connectivity index (χ0n) is 11.7. The zero-order chi connectivity index (χ0) is 14.5. The van der Waals surface area contributed by atoms with E-state index in [1.807, 2.05) is 14.0 Å². The van der Waals surface area contributed by atoms with Crippen molar-refractivity contribution >= 4 is 11.3 Å². The van der Waals surface area contributed by atoms with E-state index in [1.54, 1.807) is 23.5 Å². The number of rotatable bonds is 6. The Balaban J connectivity index is 1.80. The molecule has 0 spiro atoms. The second-order valence-corrected chi connectivity index (χ2v) is 6.01. The molecule has 0 aliphatic carbocycles. The first-order valence-electron chi connectivity index (χ1n) is 6.57. The van der Waals surface area contributed by atoms with Gasteiger partial charge in [0, 0.05) is 18.5 Å². The quantitative estimate of drug-likeness (QED) is 0.889. The Labute approximate surface area is 122 Å². The highest BCUT2D eigenvalue weighted by atomic mass is 32.1. The molecule has 2 rings (SSSR count). The number of benzene rings is 1. The molecule has 108 valence electrons. The molecule has 0 amide bonds. The van der Waals surface area contributed by atoms with Gasteiger partial charge in [-0.05, 0) is 38.1 Å². The van der Waals surface area contributed by atoms with Gasteiger partial charge in [-0.15, -0.1) is 11.3 Å². The van der Waals surface area contributed by atoms with E-state index in [0.29, 0.717) is 6.42 Å². The SMILES string of the molecule is Cc1nc(CN(C)CCC(O)c2ccc(F)cc2)cs1. The average molecular weight is 294 g/mol. The van der Waals surface area contributed by atoms with Crippen LogP contribution in [-0.4, -0.2) is 28.6 Å². The van der Waals surface area contributed by atoms with Crippen LogP contribution in [0.2, 0.25) is 0 Å². The lowest BCUT2D eigenvalue weighted by atomic mass is 10.1. The summed E-state index contributed by atoms with van der Waals surface area (Å²) in [6.45, 7) is 3.53. The summed E-state index contributed by atoms with van der Waals surface area (Å²) in [5, 5.41) is 13.2. The number of thiazole rings is 1. The van der Waals surface area contributed by atoms with Gasteiger partial charge in [-0.3, -0.25) is 0 Å². The van der Waals surface area contributed by atoms with Crippen molar-refractivity contribution in [3.63, 3.8) is 0 Å². The smallest absolute Gasteiger partial charge is 0.123 e. The third-order valence-corrected chi connectivity index (χ3v) is 3.96. The van der Waals surface area contributed by atoms with E-state index >= 15 is 0 Å². The summed E-state index contributed by atoms with van der Waals surface area (Å²) in [6.07, 6.45) is 0.0563. The Morgan fingerprint density at radius 2 is 2.05 bits per heavy atom. The molecule has 0 bridgehead atoms. The minimum atomic E-state index is -0.560. The molecule has 1 N–H and O–H groups in total. The number of aromatic nitrogens is 1. The second-order valence-electron chi connectivity index (χ2n) is 4.95. The summed E-state index contributed by atoms with van der Waals surface area (Å²) in [7, 11) is 2.01. The van der Waals surface area contributed by atoms with Crippen LogP contribution in [0.3, 0.4) is 0 Å². The van der Waals surface area contributed by atoms with Crippen LogP contribution in [0.4, 0.5) is 4.39 Å². The highest BCUT2D eigenvalue weighted by molar-refractivity contribution is 7.09. The van der Waals surface area contributed by atoms with E-state index in [4.69, 9.17) is 0 Å². The van der Waals surface area contributed by atoms with Crippen LogP contribution in [0.15, 0.2) is 29.6 Å². The number of aliphatic hydroxyl groups excluding tert-OH is 1. The molecule has 1 aromatic carbocycles. The normalized spacial score (nSPS) is 12.8. The molecule has 0 fully saturated rings. The predicted octanol–water partition coefficient (Wildman–Crippen LogP) is 3.15. The van der Waals surface area contributed by atoms with Crippen LogP contribution in [0.1, 0.15) is 28.8 Å². The zero-order valence-corrected chi connectivity index (χ0v) is 12.5. The van der Waals surface area contributed by atoms with E-state index < -0.39 is 6.10 Å². The van der Waals surface area contributed by atoms with Crippen LogP contribution in [0.25, 0.3) is 0 Å². The first kappa shape index (κ1) is 15.1. The molecule has 0 saturated heterocycles. The molecule has 1 unspecified atom stereocenters. The lowest BCUT2D eigenvalue weighted by Crippen LogP contribution is -2.21. The fraction of sp³-hybridized carbons (Fsp3) is 0.400. The molecule has 1 heterocycles. The van der Waals surface area contributed by atoms with Crippen molar-refractivity contribution < 1.29 is 9.50 Å². The molecule has 1 atom stereocenters. The van der Waals surface area contributed by atoms with Crippen molar-refractivity contribution in [3.8, 4) is 0 Å². The molecule has 0 radical (unpaired) electrons. The van der Waals surface area contributed by atoms with Gasteiger partial charge in [0.1, 0.15) is 5.82 Å². The number of aryl methyl sites for hydroxylation is 1. The van der Waals surface area contributed by atoms with Gasteiger partial charge in [-0.1, -0.05) is 12.1 Å². The summed E-state index contributed by atoms with van der Waals surface area (Å²) < 4.78 is 12.8. The molecular weight excluding hydrogens is 275 g/mol. The fourth-order valence-corrected chi connectivity index (χ4v) is 2.63. The minimum absolute atomic E-state index is 0.281. The van der Waals surface area contributed by atoms with E-state index in [-0.39, 0.29) is 5.82 Å². The number of halogens is 1. The third kappa shape index (κ3) is 4.37. The number of aliphatic hydroxyl groups is 1. The summed E-state index contributed by atoms with van der Waals surface area (Å²) in [5.41, 5.74) is 1.82. The summed E-state index contributed by atoms with van der Waals surface area (Å²) in [5.74, 6) is -0.281. The van der Waals surface area contributed by atoms with Gasteiger partial charge in [-0.2, -0.15) is 0 Å². The van der Waals surface area contributed by atoms with Gasteiger partial charge in [0.15, 0.2) is 0 Å². The molecular formula is C15H19FN2OS. The maximum absolute atomic E-state index is 12.8. The standard InChI is InChI=1S/C15H19FN2OS/c1-11-17-14(10-20-11)9-18(2)8-7-15(19)12-3-5-13(16)6-4-12/h3-6,10,15,19H,7-9H2,1-2H3. The number of hydrogen-bond donors (Lipinski definition) is 1. The highest BCUT2D eigenvalue weighted by Gasteiger charge is 2.10. The van der Waals surface area contributed by atoms with Gasteiger partial charge in [0.25, 0.3) is 0 Å². The van der Waals surface area contributed by atoms with Crippen molar-refractivity contribution in [2.24, 2.45) is 0 Å². The van der Waals surface area contributed by atoms with Gasteiger partial charge >= 0.3 is 0 Å². The largest absolute Gasteiger partial charge is 0.388 e. The Morgan fingerprint density at radius 3 is 2.65 bits per heavy atom. The number of nitrogens with zero attached hydrogens (tertiary/aromatic N) is 2. The molecule has 2 aromatic rings. The fourth-order valence-electron chi connectivity index (χ4n) is 2.03. The molecule has 5 heteroatoms. The summed E-state index contributed by atoms with van der Waals surface area (Å²) in [4.78, 5) is 6.54. The molecule has 0 saturated carbocycles. The van der Waals surface area contributed by atoms with E-state index in [2.05, 4.69) is 15.3 Å². The van der Waals surface area contributed by atoms with Crippen LogP contribution in [-0.2, 0) is 6.54 Å². The first-order chi connectivity index (χ1) is 9.54. The Bertz CT molecular complexity index is 541. The lowest BCUT2D eigenvalue weighted by Gasteiger charge is -2.18. The van der Waals surface area contributed by atoms with Gasteiger partial charge in [-0.25, -0.2) is 9.37 Å². The van der Waals surface area contributed by atoms with Crippen LogP contribution >= 0.6 is 11.3 Å². The maximum Gasteiger partial charge on any atom is 0.123 e. The molecule has 20 heavy (non-hydrogen) atoms. The maximum atomic E-state index is 12.8. The van der Waals surface area contributed by atoms with Gasteiger partial charge in [0.05, 0.1) is 16.8 Å². The Morgan fingerprint density at radius 1 is 1.35 bits per heavy atom. The van der Waals surface area contributed by atoms with Crippen LogP contribution in [0.5, 0.6) is 0 Å². The van der Waals surface area contributed by atoms with Crippen LogP contribution in [0, 0.1) is 12.7 Å². The van der Waals surface area contributed by atoms with Crippen molar-refractivity contribution in [1.82, 2.24) is 9.88 Å². The van der Waals surface area contributed by atoms with Crippen molar-refractivity contribution in [1.29, 1.82) is 0 Å². The molecule has 1 aromatic heterocycles. The second kappa shape index (κ2) is 6.92. The van der Waals surface area contributed by atoms with Crippen LogP contribution < -0.4 is 0 Å². The van der Waals surface area contributed by atoms with E-state index in [9.17, 15) is 9.50 Å². The Hall–Kier alpha value is -1.30. The van der Waals surface area contributed by atoms with Gasteiger partial charge < -0.3 is 10.0 Å². The lowest BCUT2D eigenvalue weighted by molar-refractivity contribution is 0.147. The highest BCUT2D eigenvalue weighted by Crippen LogP contribution is 2.18. The topological polar surface area (TPSA) is 36.4 Å². The van der Waals surface area contributed by atoms with Crippen molar-refractivity contribution in [2.75, 3.05) is 13.6 Å². The molecule has 3 nitrogen and oxygen atoms in total. The van der Waals surface area contributed by atoms with Crippen molar-refractivity contribution in [3.05, 3.63) is 51.7 Å². The van der Waals surface area contributed by atoms with Gasteiger partial charge in [0.2, 0.25) is 0 Å².